The second-order valence-electron chi connectivity index (χ2n) is 5.38. The van der Waals surface area contributed by atoms with E-state index in [0.29, 0.717) is 5.92 Å². The summed E-state index contributed by atoms with van der Waals surface area (Å²) in [6.45, 7) is 5.89. The minimum absolute atomic E-state index is 0.0667. The predicted octanol–water partition coefficient (Wildman–Crippen LogP) is 1.15. The van der Waals surface area contributed by atoms with Crippen LogP contribution < -0.4 is 0 Å². The van der Waals surface area contributed by atoms with Gasteiger partial charge in [0.05, 0.1) is 10.7 Å². The number of thiazole rings is 1. The molecule has 0 saturated carbocycles. The zero-order chi connectivity index (χ0) is 14.8. The first-order valence-electron chi connectivity index (χ1n) is 7.06. The summed E-state index contributed by atoms with van der Waals surface area (Å²) in [5.41, 5.74) is 1.10. The van der Waals surface area contributed by atoms with E-state index in [1.165, 1.54) is 15.9 Å². The van der Waals surface area contributed by atoms with Gasteiger partial charge in [-0.15, -0.1) is 16.4 Å². The van der Waals surface area contributed by atoms with Gasteiger partial charge in [0.1, 0.15) is 12.9 Å². The molecule has 1 atom stereocenters. The van der Waals surface area contributed by atoms with Crippen molar-refractivity contribution >= 4 is 17.2 Å². The van der Waals surface area contributed by atoms with Crippen LogP contribution in [0.3, 0.4) is 0 Å². The third kappa shape index (κ3) is 3.10. The van der Waals surface area contributed by atoms with Gasteiger partial charge >= 0.3 is 0 Å². The second-order valence-corrected chi connectivity index (χ2v) is 6.61. The van der Waals surface area contributed by atoms with Crippen LogP contribution >= 0.6 is 11.3 Å². The highest BCUT2D eigenvalue weighted by Crippen LogP contribution is 2.31. The summed E-state index contributed by atoms with van der Waals surface area (Å²) in [5, 5.41) is 12.0. The van der Waals surface area contributed by atoms with Crippen molar-refractivity contribution in [1.29, 1.82) is 0 Å². The zero-order valence-electron chi connectivity index (χ0n) is 12.2. The first kappa shape index (κ1) is 14.1. The monoisotopic (exact) mass is 306 g/mol. The first-order chi connectivity index (χ1) is 10.1. The van der Waals surface area contributed by atoms with Crippen molar-refractivity contribution in [1.82, 2.24) is 30.1 Å². The molecule has 1 aliphatic rings. The van der Waals surface area contributed by atoms with E-state index in [0.717, 1.165) is 36.6 Å². The molecule has 1 amide bonds. The van der Waals surface area contributed by atoms with Crippen LogP contribution in [-0.4, -0.2) is 49.1 Å². The number of aryl methyl sites for hydroxylation is 2. The van der Waals surface area contributed by atoms with E-state index in [2.05, 4.69) is 27.4 Å². The largest absolute Gasteiger partial charge is 0.340 e. The molecule has 0 aromatic carbocycles. The topological polar surface area (TPSA) is 76.8 Å². The quantitative estimate of drug-likeness (QED) is 0.850. The Morgan fingerprint density at radius 1 is 1.48 bits per heavy atom. The molecule has 1 unspecified atom stereocenters. The lowest BCUT2D eigenvalue weighted by atomic mass is 9.98. The summed E-state index contributed by atoms with van der Waals surface area (Å²) in [6, 6.07) is 0. The lowest BCUT2D eigenvalue weighted by molar-refractivity contribution is -0.133. The van der Waals surface area contributed by atoms with Gasteiger partial charge in [-0.25, -0.2) is 9.67 Å². The molecule has 8 heteroatoms. The number of nitrogens with zero attached hydrogens (tertiary/aromatic N) is 6. The van der Waals surface area contributed by atoms with Crippen LogP contribution in [0.5, 0.6) is 0 Å². The number of hydrogen-bond donors (Lipinski definition) is 0. The van der Waals surface area contributed by atoms with Gasteiger partial charge in [0, 0.05) is 23.9 Å². The highest BCUT2D eigenvalue weighted by atomic mass is 32.1. The number of carbonyl (C=O) groups is 1. The Bertz CT molecular complexity index is 603. The predicted molar refractivity (Wildman–Crippen MR) is 78.0 cm³/mol. The Morgan fingerprint density at radius 3 is 3.00 bits per heavy atom. The summed E-state index contributed by atoms with van der Waals surface area (Å²) >= 11 is 1.75. The SMILES string of the molecule is Cc1nc(C2CCCN(C(=O)Cn3cnnn3)C2)sc1C. The number of piperidine rings is 1. The molecule has 7 nitrogen and oxygen atoms in total. The standard InChI is InChI=1S/C13H18N6OS/c1-9-10(2)21-13(15-9)11-4-3-5-18(6-11)12(20)7-19-8-14-16-17-19/h8,11H,3-7H2,1-2H3. The number of aromatic nitrogens is 5. The Balaban J connectivity index is 1.66. The molecule has 1 fully saturated rings. The molecule has 3 heterocycles. The van der Waals surface area contributed by atoms with Crippen LogP contribution in [0.25, 0.3) is 0 Å². The van der Waals surface area contributed by atoms with Gasteiger partial charge in [-0.3, -0.25) is 4.79 Å². The molecule has 0 spiro atoms. The number of likely N-dealkylation sites (tertiary alicyclic amines) is 1. The third-order valence-electron chi connectivity index (χ3n) is 3.86. The van der Waals surface area contributed by atoms with E-state index in [9.17, 15) is 4.79 Å². The number of hydrogen-bond acceptors (Lipinski definition) is 6. The van der Waals surface area contributed by atoms with Gasteiger partial charge in [0.25, 0.3) is 0 Å². The maximum Gasteiger partial charge on any atom is 0.244 e. The van der Waals surface area contributed by atoms with E-state index in [1.807, 2.05) is 11.8 Å². The maximum absolute atomic E-state index is 12.3. The fraction of sp³-hybridized carbons (Fsp3) is 0.615. The highest BCUT2D eigenvalue weighted by molar-refractivity contribution is 7.11. The van der Waals surface area contributed by atoms with Crippen molar-refractivity contribution in [3.63, 3.8) is 0 Å². The molecular formula is C13H18N6OS. The number of carbonyl (C=O) groups excluding carboxylic acids is 1. The molecule has 0 aliphatic carbocycles. The van der Waals surface area contributed by atoms with Gasteiger partial charge < -0.3 is 4.90 Å². The van der Waals surface area contributed by atoms with Crippen LogP contribution in [0.15, 0.2) is 6.33 Å². The Morgan fingerprint density at radius 2 is 2.33 bits per heavy atom. The summed E-state index contributed by atoms with van der Waals surface area (Å²) in [6.07, 6.45) is 3.58. The average Bonchev–Trinajstić information content (AvgIpc) is 3.10. The minimum Gasteiger partial charge on any atom is -0.340 e. The lowest BCUT2D eigenvalue weighted by Crippen LogP contribution is -2.40. The van der Waals surface area contributed by atoms with Crippen molar-refractivity contribution in [3.8, 4) is 0 Å². The zero-order valence-corrected chi connectivity index (χ0v) is 13.0. The Kier molecular flexibility index (Phi) is 3.96. The van der Waals surface area contributed by atoms with Crippen LogP contribution in [-0.2, 0) is 11.3 Å². The van der Waals surface area contributed by atoms with Crippen molar-refractivity contribution < 1.29 is 4.79 Å². The van der Waals surface area contributed by atoms with Gasteiger partial charge in [-0.1, -0.05) is 0 Å². The number of amides is 1. The van der Waals surface area contributed by atoms with Gasteiger partial charge in [0.15, 0.2) is 0 Å². The van der Waals surface area contributed by atoms with E-state index in [1.54, 1.807) is 11.3 Å². The molecule has 0 bridgehead atoms. The summed E-state index contributed by atoms with van der Waals surface area (Å²) < 4.78 is 1.46. The molecule has 2 aromatic rings. The van der Waals surface area contributed by atoms with Crippen molar-refractivity contribution in [3.05, 3.63) is 21.9 Å². The molecule has 0 N–H and O–H groups in total. The fourth-order valence-electron chi connectivity index (χ4n) is 2.57. The molecule has 21 heavy (non-hydrogen) atoms. The average molecular weight is 306 g/mol. The first-order valence-corrected chi connectivity index (χ1v) is 7.87. The summed E-state index contributed by atoms with van der Waals surface area (Å²) in [4.78, 5) is 20.1. The Hall–Kier alpha value is -1.83. The fourth-order valence-corrected chi connectivity index (χ4v) is 3.62. The summed E-state index contributed by atoms with van der Waals surface area (Å²) in [5.74, 6) is 0.422. The smallest absolute Gasteiger partial charge is 0.244 e. The van der Waals surface area contributed by atoms with E-state index in [-0.39, 0.29) is 12.5 Å². The molecule has 2 aromatic heterocycles. The third-order valence-corrected chi connectivity index (χ3v) is 5.09. The van der Waals surface area contributed by atoms with Crippen LogP contribution in [0.2, 0.25) is 0 Å². The van der Waals surface area contributed by atoms with Crippen LogP contribution in [0.1, 0.15) is 34.3 Å². The van der Waals surface area contributed by atoms with Crippen LogP contribution in [0, 0.1) is 13.8 Å². The van der Waals surface area contributed by atoms with Gasteiger partial charge in [0.2, 0.25) is 5.91 Å². The number of tetrazole rings is 1. The second kappa shape index (κ2) is 5.88. The van der Waals surface area contributed by atoms with Crippen molar-refractivity contribution in [2.75, 3.05) is 13.1 Å². The molecule has 112 valence electrons. The van der Waals surface area contributed by atoms with Crippen molar-refractivity contribution in [2.24, 2.45) is 0 Å². The highest BCUT2D eigenvalue weighted by Gasteiger charge is 2.27. The maximum atomic E-state index is 12.3. The van der Waals surface area contributed by atoms with Crippen LogP contribution in [0.4, 0.5) is 0 Å². The van der Waals surface area contributed by atoms with E-state index >= 15 is 0 Å². The van der Waals surface area contributed by atoms with E-state index < -0.39 is 0 Å². The summed E-state index contributed by atoms with van der Waals surface area (Å²) in [7, 11) is 0. The van der Waals surface area contributed by atoms with Gasteiger partial charge in [-0.2, -0.15) is 0 Å². The van der Waals surface area contributed by atoms with E-state index in [4.69, 9.17) is 0 Å². The molecular weight excluding hydrogens is 288 g/mol. The van der Waals surface area contributed by atoms with Gasteiger partial charge in [-0.05, 0) is 37.1 Å². The minimum atomic E-state index is 0.0667. The normalized spacial score (nSPS) is 19.0. The molecule has 1 aliphatic heterocycles. The Labute approximate surface area is 127 Å². The number of rotatable bonds is 3. The molecule has 3 rings (SSSR count). The molecule has 1 saturated heterocycles. The van der Waals surface area contributed by atoms with Crippen molar-refractivity contribution in [2.45, 2.75) is 39.2 Å². The molecule has 0 radical (unpaired) electrons. The lowest BCUT2D eigenvalue weighted by Gasteiger charge is -2.31.